The lowest BCUT2D eigenvalue weighted by Crippen LogP contribution is -2.59. The van der Waals surface area contributed by atoms with Crippen LogP contribution in [-0.4, -0.2) is 106 Å². The molecule has 2 heterocycles. The molecule has 2 aliphatic heterocycles. The van der Waals surface area contributed by atoms with Gasteiger partial charge in [-0.15, -0.1) is 0 Å². The Balaban J connectivity index is 1.88. The highest BCUT2D eigenvalue weighted by molar-refractivity contribution is 4.95. The van der Waals surface area contributed by atoms with Gasteiger partial charge in [0, 0.05) is 0 Å². The third-order valence-electron chi connectivity index (χ3n) is 4.63. The monoisotopic (exact) mass is 394 g/mol. The number of aliphatic hydroxyl groups excluding tert-OH is 5. The molecule has 2 rings (SSSR count). The first-order valence-corrected chi connectivity index (χ1v) is 8.88. The Morgan fingerprint density at radius 1 is 1.07 bits per heavy atom. The quantitative estimate of drug-likeness (QED) is 0.194. The van der Waals surface area contributed by atoms with Crippen molar-refractivity contribution in [3.05, 3.63) is 11.6 Å². The largest absolute Gasteiger partial charge is 0.393 e. The van der Waals surface area contributed by atoms with E-state index in [0.717, 1.165) is 5.57 Å². The molecule has 2 saturated heterocycles. The van der Waals surface area contributed by atoms with E-state index in [1.807, 2.05) is 19.9 Å². The highest BCUT2D eigenvalue weighted by Gasteiger charge is 2.50. The molecule has 8 atom stereocenters. The summed E-state index contributed by atoms with van der Waals surface area (Å²) in [5.74, 6) is 0. The predicted octanol–water partition coefficient (Wildman–Crippen LogP) is -2.38. The van der Waals surface area contributed by atoms with Gasteiger partial charge in [-0.1, -0.05) is 11.6 Å². The molecule has 0 bridgehead atoms. The minimum absolute atomic E-state index is 0.247. The molecule has 0 spiro atoms. The maximum Gasteiger partial charge on any atom is 0.186 e. The van der Waals surface area contributed by atoms with Crippen LogP contribution >= 0.6 is 0 Å². The van der Waals surface area contributed by atoms with Crippen LogP contribution in [0.25, 0.3) is 0 Å². The van der Waals surface area contributed by atoms with Gasteiger partial charge in [0.2, 0.25) is 0 Å². The van der Waals surface area contributed by atoms with Crippen LogP contribution in [0.3, 0.4) is 0 Å². The van der Waals surface area contributed by atoms with Crippen molar-refractivity contribution in [2.45, 2.75) is 69.0 Å². The van der Waals surface area contributed by atoms with Crippen molar-refractivity contribution in [2.75, 3.05) is 26.4 Å². The van der Waals surface area contributed by atoms with E-state index in [1.165, 1.54) is 0 Å². The van der Waals surface area contributed by atoms with E-state index in [0.29, 0.717) is 6.42 Å². The summed E-state index contributed by atoms with van der Waals surface area (Å²) in [5, 5.41) is 59.1. The van der Waals surface area contributed by atoms with Crippen molar-refractivity contribution >= 4 is 0 Å². The van der Waals surface area contributed by atoms with Crippen LogP contribution in [0.5, 0.6) is 0 Å². The summed E-state index contributed by atoms with van der Waals surface area (Å²) in [5.41, 5.74) is -0.716. The molecule has 27 heavy (non-hydrogen) atoms. The normalized spacial score (nSPS) is 42.3. The first-order valence-electron chi connectivity index (χ1n) is 8.88. The number of rotatable bonds is 8. The summed E-state index contributed by atoms with van der Waals surface area (Å²) >= 11 is 0. The van der Waals surface area contributed by atoms with Crippen molar-refractivity contribution in [1.82, 2.24) is 0 Å². The molecule has 0 amide bonds. The Kier molecular flexibility index (Phi) is 8.13. The summed E-state index contributed by atoms with van der Waals surface area (Å²) in [7, 11) is 0. The fourth-order valence-electron chi connectivity index (χ4n) is 2.85. The smallest absolute Gasteiger partial charge is 0.186 e. The Labute approximate surface area is 157 Å². The van der Waals surface area contributed by atoms with Gasteiger partial charge < -0.3 is 49.6 Å². The molecule has 6 N–H and O–H groups in total. The lowest BCUT2D eigenvalue weighted by molar-refractivity contribution is -0.309. The van der Waals surface area contributed by atoms with Crippen LogP contribution < -0.4 is 0 Å². The van der Waals surface area contributed by atoms with Crippen molar-refractivity contribution in [1.29, 1.82) is 0 Å². The summed E-state index contributed by atoms with van der Waals surface area (Å²) in [6.45, 7) is 2.80. The van der Waals surface area contributed by atoms with E-state index in [1.54, 1.807) is 0 Å². The van der Waals surface area contributed by atoms with Crippen molar-refractivity contribution in [3.63, 3.8) is 0 Å². The molecule has 0 aromatic rings. The third-order valence-corrected chi connectivity index (χ3v) is 4.63. The van der Waals surface area contributed by atoms with E-state index in [9.17, 15) is 25.5 Å². The highest BCUT2D eigenvalue weighted by atomic mass is 16.7. The zero-order valence-electron chi connectivity index (χ0n) is 15.5. The van der Waals surface area contributed by atoms with Gasteiger partial charge in [0.25, 0.3) is 0 Å². The van der Waals surface area contributed by atoms with Gasteiger partial charge >= 0.3 is 0 Å². The standard InChI is InChI=1S/C17H30O10/c1-9(2)4-3-5-24-15-13(21)12(20)11(19)10(27-15)6-25-16-14(22)17(23,7-18)8-26-16/h4,10-16,18-23H,3,5-8H2,1-2H3/t10-,11-,12+,13-,14+,15-,16-,17-/m1/s1. The second-order valence-corrected chi connectivity index (χ2v) is 7.17. The Morgan fingerprint density at radius 2 is 1.78 bits per heavy atom. The van der Waals surface area contributed by atoms with Gasteiger partial charge in [0.15, 0.2) is 12.6 Å². The van der Waals surface area contributed by atoms with E-state index in [4.69, 9.17) is 24.1 Å². The maximum atomic E-state index is 10.1. The Morgan fingerprint density at radius 3 is 2.37 bits per heavy atom. The molecule has 0 aromatic heterocycles. The number of hydrogen-bond donors (Lipinski definition) is 6. The number of allylic oxidation sites excluding steroid dienone is 1. The van der Waals surface area contributed by atoms with E-state index < -0.39 is 55.3 Å². The lowest BCUT2D eigenvalue weighted by Gasteiger charge is -2.40. The minimum atomic E-state index is -1.83. The van der Waals surface area contributed by atoms with Crippen molar-refractivity contribution < 1.29 is 49.6 Å². The fraction of sp³-hybridized carbons (Fsp3) is 0.882. The van der Waals surface area contributed by atoms with Crippen LogP contribution in [0.4, 0.5) is 0 Å². The average Bonchev–Trinajstić information content (AvgIpc) is 2.92. The molecular formula is C17H30O10. The van der Waals surface area contributed by atoms with Gasteiger partial charge in [-0.25, -0.2) is 0 Å². The third kappa shape index (κ3) is 5.45. The molecule has 10 nitrogen and oxygen atoms in total. The molecule has 2 aliphatic rings. The van der Waals surface area contributed by atoms with E-state index >= 15 is 0 Å². The van der Waals surface area contributed by atoms with Gasteiger partial charge in [0.05, 0.1) is 26.4 Å². The summed E-state index contributed by atoms with van der Waals surface area (Å²) in [6.07, 6.45) is -6.80. The number of ether oxygens (including phenoxy) is 4. The van der Waals surface area contributed by atoms with Gasteiger partial charge in [0.1, 0.15) is 36.1 Å². The molecular weight excluding hydrogens is 364 g/mol. The lowest BCUT2D eigenvalue weighted by atomic mass is 9.99. The second-order valence-electron chi connectivity index (χ2n) is 7.17. The summed E-state index contributed by atoms with van der Waals surface area (Å²) in [6, 6.07) is 0. The minimum Gasteiger partial charge on any atom is -0.393 e. The average molecular weight is 394 g/mol. The van der Waals surface area contributed by atoms with Crippen LogP contribution in [0.1, 0.15) is 20.3 Å². The predicted molar refractivity (Wildman–Crippen MR) is 90.4 cm³/mol. The highest BCUT2D eigenvalue weighted by Crippen LogP contribution is 2.27. The second kappa shape index (κ2) is 9.70. The molecule has 0 unspecified atom stereocenters. The van der Waals surface area contributed by atoms with Crippen molar-refractivity contribution in [2.24, 2.45) is 0 Å². The van der Waals surface area contributed by atoms with Crippen molar-refractivity contribution in [3.8, 4) is 0 Å². The number of hydrogen-bond acceptors (Lipinski definition) is 10. The van der Waals surface area contributed by atoms with E-state index in [-0.39, 0.29) is 19.8 Å². The Bertz CT molecular complexity index is 496. The first-order chi connectivity index (χ1) is 12.7. The molecule has 0 radical (unpaired) electrons. The van der Waals surface area contributed by atoms with Crippen LogP contribution in [0.2, 0.25) is 0 Å². The van der Waals surface area contributed by atoms with Crippen LogP contribution in [-0.2, 0) is 18.9 Å². The van der Waals surface area contributed by atoms with Gasteiger partial charge in [-0.05, 0) is 20.3 Å². The zero-order valence-corrected chi connectivity index (χ0v) is 15.5. The summed E-state index contributed by atoms with van der Waals surface area (Å²) < 4.78 is 21.4. The van der Waals surface area contributed by atoms with Crippen LogP contribution in [0, 0.1) is 0 Å². The molecule has 0 aromatic carbocycles. The number of aliphatic hydroxyl groups is 6. The molecule has 0 saturated carbocycles. The van der Waals surface area contributed by atoms with Gasteiger partial charge in [-0.3, -0.25) is 0 Å². The fourth-order valence-corrected chi connectivity index (χ4v) is 2.85. The molecule has 0 aliphatic carbocycles. The molecule has 2 fully saturated rings. The Hall–Kier alpha value is -0.660. The van der Waals surface area contributed by atoms with Crippen LogP contribution in [0.15, 0.2) is 11.6 Å². The molecule has 10 heteroatoms. The SMILES string of the molecule is CC(C)=CCCO[C@@H]1O[C@H](CO[C@@H]2OC[C@](O)(CO)[C@H]2O)[C@@H](O)[C@H](O)[C@H]1O. The van der Waals surface area contributed by atoms with E-state index in [2.05, 4.69) is 0 Å². The molecule has 158 valence electrons. The topological polar surface area (TPSA) is 158 Å². The first kappa shape index (κ1) is 22.6. The van der Waals surface area contributed by atoms with Gasteiger partial charge in [-0.2, -0.15) is 0 Å². The zero-order chi connectivity index (χ0) is 20.2. The summed E-state index contributed by atoms with van der Waals surface area (Å²) in [4.78, 5) is 0. The maximum absolute atomic E-state index is 10.1.